The minimum Gasteiger partial charge on any atom is -0.462 e. The van der Waals surface area contributed by atoms with Gasteiger partial charge in [0, 0.05) is 25.7 Å². The van der Waals surface area contributed by atoms with E-state index in [1.54, 1.807) is 0 Å². The summed E-state index contributed by atoms with van der Waals surface area (Å²) in [6, 6.07) is 0. The number of aliphatic hydroxyl groups excluding tert-OH is 1. The van der Waals surface area contributed by atoms with Crippen molar-refractivity contribution in [2.75, 3.05) is 39.6 Å². The topological polar surface area (TPSA) is 237 Å². The van der Waals surface area contributed by atoms with Gasteiger partial charge in [0.15, 0.2) is 12.2 Å². The van der Waals surface area contributed by atoms with Gasteiger partial charge in [-0.15, -0.1) is 0 Å². The normalized spacial score (nSPS) is 14.4. The predicted octanol–water partition coefficient (Wildman–Crippen LogP) is 22.0. The Balaban J connectivity index is 5.16. The Morgan fingerprint density at radius 2 is 0.505 bits per heavy atom. The SMILES string of the molecule is CCC(C)CCCCCCCCC(=O)O[C@H](COC(=O)CCCCCCCCCCCCCCCCCCC(C)C)COP(=O)(O)OCC(O)COP(=O)(O)OC[C@@H](COC(=O)CCCCCCCCC(C)C)OC(=O)CCCCCCCCCCCCCCCCC(C)C. The van der Waals surface area contributed by atoms with Crippen LogP contribution in [0.25, 0.3) is 0 Å². The number of esters is 4. The number of phosphoric acid groups is 2. The summed E-state index contributed by atoms with van der Waals surface area (Å²) in [6.45, 7) is 14.1. The lowest BCUT2D eigenvalue weighted by Crippen LogP contribution is -2.30. The fraction of sp³-hybridized carbons (Fsp3) is 0.947. The minimum atomic E-state index is -4.96. The lowest BCUT2D eigenvalue weighted by Gasteiger charge is -2.21. The number of rotatable bonds is 73. The molecule has 0 aliphatic carbocycles. The van der Waals surface area contributed by atoms with E-state index in [2.05, 4.69) is 55.4 Å². The molecule has 0 aliphatic rings. The molecular formula is C76H148O17P2. The van der Waals surface area contributed by atoms with Crippen molar-refractivity contribution in [2.45, 2.75) is 401 Å². The number of unbranched alkanes of at least 4 members (excludes halogenated alkanes) is 38. The van der Waals surface area contributed by atoms with Gasteiger partial charge in [-0.25, -0.2) is 9.13 Å². The first-order chi connectivity index (χ1) is 45.6. The van der Waals surface area contributed by atoms with E-state index in [9.17, 15) is 43.2 Å². The number of phosphoric ester groups is 2. The van der Waals surface area contributed by atoms with Crippen LogP contribution in [0.2, 0.25) is 0 Å². The summed E-state index contributed by atoms with van der Waals surface area (Å²) in [5, 5.41) is 10.6. The van der Waals surface area contributed by atoms with Crippen LogP contribution in [0.5, 0.6) is 0 Å². The number of ether oxygens (including phenoxy) is 4. The molecule has 564 valence electrons. The summed E-state index contributed by atoms with van der Waals surface area (Å²) in [5.74, 6) is 0.881. The Labute approximate surface area is 581 Å². The van der Waals surface area contributed by atoms with Gasteiger partial charge >= 0.3 is 39.5 Å². The highest BCUT2D eigenvalue weighted by Crippen LogP contribution is 2.45. The first-order valence-electron chi connectivity index (χ1n) is 39.2. The fourth-order valence-corrected chi connectivity index (χ4v) is 13.1. The van der Waals surface area contributed by atoms with Crippen LogP contribution in [-0.4, -0.2) is 96.7 Å². The molecule has 4 unspecified atom stereocenters. The molecule has 0 aliphatic heterocycles. The standard InChI is InChI=1S/C76H148O17P2/c1-9-69(8)55-47-39-33-35-43-51-59-76(81)93-72(62-86-73(78)56-48-40-30-26-22-18-13-11-10-12-16-20-24-28-36-44-52-66(2)3)65-91-95(84,85)89-61-70(77)60-88-94(82,83)90-64-71(63-87-74(79)57-49-41-34-32-38-46-54-68(6)7)92-75(80)58-50-42-31-27-23-19-15-14-17-21-25-29-37-45-53-67(4)5/h66-72,77H,9-65H2,1-8H3,(H,82,83)(H,84,85)/t69?,70?,71-,72-/m1/s1. The maximum atomic E-state index is 13.1. The van der Waals surface area contributed by atoms with Gasteiger partial charge in [0.25, 0.3) is 0 Å². The number of aliphatic hydroxyl groups is 1. The Hall–Kier alpha value is -1.94. The Morgan fingerprint density at radius 1 is 0.295 bits per heavy atom. The summed E-state index contributed by atoms with van der Waals surface area (Å²) in [7, 11) is -9.91. The zero-order valence-corrected chi connectivity index (χ0v) is 64.1. The van der Waals surface area contributed by atoms with Gasteiger partial charge in [-0.05, 0) is 49.4 Å². The molecule has 0 heterocycles. The van der Waals surface area contributed by atoms with Crippen molar-refractivity contribution >= 4 is 39.5 Å². The zero-order valence-electron chi connectivity index (χ0n) is 62.3. The highest BCUT2D eigenvalue weighted by Gasteiger charge is 2.30. The number of hydrogen-bond acceptors (Lipinski definition) is 15. The van der Waals surface area contributed by atoms with E-state index < -0.39 is 97.5 Å². The molecule has 95 heavy (non-hydrogen) atoms. The van der Waals surface area contributed by atoms with Gasteiger partial charge in [-0.1, -0.05) is 331 Å². The molecule has 0 amide bonds. The summed E-state index contributed by atoms with van der Waals surface area (Å²) < 4.78 is 68.4. The van der Waals surface area contributed by atoms with Crippen LogP contribution >= 0.6 is 15.6 Å². The van der Waals surface area contributed by atoms with Crippen LogP contribution in [0.4, 0.5) is 0 Å². The molecule has 0 fully saturated rings. The largest absolute Gasteiger partial charge is 0.472 e. The smallest absolute Gasteiger partial charge is 0.462 e. The second-order valence-electron chi connectivity index (χ2n) is 29.1. The summed E-state index contributed by atoms with van der Waals surface area (Å²) in [6.07, 6.45) is 50.3. The van der Waals surface area contributed by atoms with Crippen molar-refractivity contribution in [3.05, 3.63) is 0 Å². The maximum Gasteiger partial charge on any atom is 0.472 e. The second kappa shape index (κ2) is 65.4. The molecule has 0 saturated carbocycles. The lowest BCUT2D eigenvalue weighted by molar-refractivity contribution is -0.161. The summed E-state index contributed by atoms with van der Waals surface area (Å²) in [4.78, 5) is 72.7. The van der Waals surface area contributed by atoms with Gasteiger partial charge in [0.05, 0.1) is 26.4 Å². The molecule has 0 spiro atoms. The predicted molar refractivity (Wildman–Crippen MR) is 386 cm³/mol. The van der Waals surface area contributed by atoms with Gasteiger partial charge in [0.1, 0.15) is 19.3 Å². The van der Waals surface area contributed by atoms with Crippen molar-refractivity contribution in [3.63, 3.8) is 0 Å². The van der Waals surface area contributed by atoms with Crippen LogP contribution in [-0.2, 0) is 65.4 Å². The average Bonchev–Trinajstić information content (AvgIpc) is 1.72. The lowest BCUT2D eigenvalue weighted by atomic mass is 10.00. The van der Waals surface area contributed by atoms with Crippen molar-refractivity contribution in [1.82, 2.24) is 0 Å². The molecule has 0 saturated heterocycles. The zero-order chi connectivity index (χ0) is 70.3. The van der Waals surface area contributed by atoms with Crippen LogP contribution in [0.1, 0.15) is 383 Å². The molecule has 0 rings (SSSR count). The minimum absolute atomic E-state index is 0.103. The Bertz CT molecular complexity index is 1870. The number of hydrogen-bond donors (Lipinski definition) is 3. The maximum absolute atomic E-state index is 13.1. The molecule has 19 heteroatoms. The fourth-order valence-electron chi connectivity index (χ4n) is 11.5. The molecule has 0 radical (unpaired) electrons. The van der Waals surface area contributed by atoms with Gasteiger partial charge in [-0.2, -0.15) is 0 Å². The molecule has 0 aromatic rings. The van der Waals surface area contributed by atoms with E-state index in [1.165, 1.54) is 180 Å². The highest BCUT2D eigenvalue weighted by molar-refractivity contribution is 7.47. The first kappa shape index (κ1) is 93.1. The van der Waals surface area contributed by atoms with Gasteiger partial charge in [-0.3, -0.25) is 37.3 Å². The summed E-state index contributed by atoms with van der Waals surface area (Å²) >= 11 is 0. The third-order valence-corrected chi connectivity index (χ3v) is 19.8. The van der Waals surface area contributed by atoms with Crippen LogP contribution < -0.4 is 0 Å². The molecule has 0 aromatic heterocycles. The van der Waals surface area contributed by atoms with Gasteiger partial charge in [0.2, 0.25) is 0 Å². The second-order valence-corrected chi connectivity index (χ2v) is 32.0. The van der Waals surface area contributed by atoms with Crippen molar-refractivity contribution in [1.29, 1.82) is 0 Å². The van der Waals surface area contributed by atoms with Crippen LogP contribution in [0, 0.1) is 23.7 Å². The quantitative estimate of drug-likeness (QED) is 0.0222. The monoisotopic (exact) mass is 1400 g/mol. The van der Waals surface area contributed by atoms with E-state index >= 15 is 0 Å². The summed E-state index contributed by atoms with van der Waals surface area (Å²) in [5.41, 5.74) is 0. The molecule has 0 bridgehead atoms. The first-order valence-corrected chi connectivity index (χ1v) is 42.2. The average molecular weight is 1400 g/mol. The van der Waals surface area contributed by atoms with Crippen LogP contribution in [0.15, 0.2) is 0 Å². The van der Waals surface area contributed by atoms with Gasteiger partial charge < -0.3 is 33.8 Å². The van der Waals surface area contributed by atoms with Crippen molar-refractivity contribution < 1.29 is 80.2 Å². The van der Waals surface area contributed by atoms with Crippen molar-refractivity contribution in [3.8, 4) is 0 Å². The van der Waals surface area contributed by atoms with E-state index in [1.807, 2.05) is 0 Å². The Morgan fingerprint density at radius 3 is 0.747 bits per heavy atom. The molecule has 3 N–H and O–H groups in total. The molecule has 0 aromatic carbocycles. The highest BCUT2D eigenvalue weighted by atomic mass is 31.2. The van der Waals surface area contributed by atoms with E-state index in [0.29, 0.717) is 31.6 Å². The van der Waals surface area contributed by atoms with Crippen LogP contribution in [0.3, 0.4) is 0 Å². The number of carbonyl (C=O) groups is 4. The van der Waals surface area contributed by atoms with Crippen molar-refractivity contribution in [2.24, 2.45) is 23.7 Å². The third kappa shape index (κ3) is 69.0. The van der Waals surface area contributed by atoms with E-state index in [0.717, 1.165) is 114 Å². The van der Waals surface area contributed by atoms with E-state index in [-0.39, 0.29) is 25.7 Å². The van der Waals surface area contributed by atoms with E-state index in [4.69, 9.17) is 37.0 Å². The molecule has 17 nitrogen and oxygen atoms in total. The Kier molecular flexibility index (Phi) is 64.0. The molecule has 6 atom stereocenters. The third-order valence-electron chi connectivity index (χ3n) is 17.9. The molecular weight excluding hydrogens is 1250 g/mol. The number of carbonyl (C=O) groups excluding carboxylic acids is 4.